The molecule has 3 aliphatic heterocycles. The van der Waals surface area contributed by atoms with Gasteiger partial charge in [-0.05, 0) is 58.7 Å². The first kappa shape index (κ1) is 28.3. The summed E-state index contributed by atoms with van der Waals surface area (Å²) in [6.07, 6.45) is 1.61. The second kappa shape index (κ2) is 11.5. The summed E-state index contributed by atoms with van der Waals surface area (Å²) in [5.74, 6) is 1.62. The fraction of sp³-hybridized carbons (Fsp3) is 0.531. The second-order valence-electron chi connectivity index (χ2n) is 12.8. The molecule has 224 valence electrons. The molecular formula is C32H42N6O4. The molecule has 1 aromatic heterocycles. The van der Waals surface area contributed by atoms with E-state index in [9.17, 15) is 9.90 Å². The predicted octanol–water partition coefficient (Wildman–Crippen LogP) is 4.29. The van der Waals surface area contributed by atoms with E-state index in [1.807, 2.05) is 45.0 Å². The molecule has 2 fully saturated rings. The van der Waals surface area contributed by atoms with E-state index in [-0.39, 0.29) is 11.8 Å². The highest BCUT2D eigenvalue weighted by atomic mass is 16.6. The van der Waals surface area contributed by atoms with Crippen LogP contribution >= 0.6 is 0 Å². The molecule has 4 heterocycles. The Morgan fingerprint density at radius 1 is 1.02 bits per heavy atom. The maximum atomic E-state index is 12.7. The topological polar surface area (TPSA) is 94.5 Å². The highest BCUT2D eigenvalue weighted by Gasteiger charge is 2.31. The van der Waals surface area contributed by atoms with Crippen LogP contribution in [0.4, 0.5) is 16.3 Å². The highest BCUT2D eigenvalue weighted by molar-refractivity contribution is 5.95. The molecule has 10 heteroatoms. The number of aromatic nitrogens is 2. The number of piperazine rings is 1. The van der Waals surface area contributed by atoms with Crippen molar-refractivity contribution in [1.82, 2.24) is 19.8 Å². The summed E-state index contributed by atoms with van der Waals surface area (Å²) in [5, 5.41) is 12.6. The second-order valence-corrected chi connectivity index (χ2v) is 12.8. The average molecular weight is 575 g/mol. The van der Waals surface area contributed by atoms with E-state index in [1.54, 1.807) is 11.0 Å². The number of carbonyl (C=O) groups excluding carboxylic acids is 1. The third-order valence-corrected chi connectivity index (χ3v) is 8.36. The van der Waals surface area contributed by atoms with Gasteiger partial charge >= 0.3 is 12.1 Å². The van der Waals surface area contributed by atoms with E-state index >= 15 is 0 Å². The molecule has 42 heavy (non-hydrogen) atoms. The minimum Gasteiger partial charge on any atom is -0.508 e. The normalized spacial score (nSPS) is 19.7. The zero-order valence-corrected chi connectivity index (χ0v) is 25.2. The molecule has 2 aromatic carbocycles. The lowest BCUT2D eigenvalue weighted by Crippen LogP contribution is -2.50. The SMILES string of the molecule is CN1CC[C@@H](COc2nc3c(c(N4CCN(C(=O)OC(C)(C)C)CC4)n2)CCN(c2cc(O)cc4ccccc24)C3)C1. The summed E-state index contributed by atoms with van der Waals surface area (Å²) in [4.78, 5) is 31.2. The zero-order chi connectivity index (χ0) is 29.4. The fourth-order valence-corrected chi connectivity index (χ4v) is 6.24. The van der Waals surface area contributed by atoms with Crippen molar-refractivity contribution in [3.05, 3.63) is 47.7 Å². The first-order valence-electron chi connectivity index (χ1n) is 15.0. The Balaban J connectivity index is 1.26. The van der Waals surface area contributed by atoms with Crippen LogP contribution in [-0.2, 0) is 17.7 Å². The monoisotopic (exact) mass is 574 g/mol. The van der Waals surface area contributed by atoms with Crippen molar-refractivity contribution in [3.63, 3.8) is 0 Å². The number of aromatic hydroxyl groups is 1. The molecule has 0 bridgehead atoms. The van der Waals surface area contributed by atoms with Gasteiger partial charge in [0.25, 0.3) is 0 Å². The van der Waals surface area contributed by atoms with Crippen LogP contribution in [0.5, 0.6) is 11.8 Å². The first-order chi connectivity index (χ1) is 20.1. The molecule has 0 radical (unpaired) electrons. The van der Waals surface area contributed by atoms with Gasteiger partial charge in [0.1, 0.15) is 17.2 Å². The Morgan fingerprint density at radius 2 is 1.81 bits per heavy atom. The van der Waals surface area contributed by atoms with Gasteiger partial charge in [-0.3, -0.25) is 0 Å². The number of anilines is 2. The predicted molar refractivity (Wildman–Crippen MR) is 164 cm³/mol. The number of carbonyl (C=O) groups is 1. The average Bonchev–Trinajstić information content (AvgIpc) is 3.39. The van der Waals surface area contributed by atoms with Gasteiger partial charge in [-0.1, -0.05) is 24.3 Å². The highest BCUT2D eigenvalue weighted by Crippen LogP contribution is 2.36. The molecule has 1 atom stereocenters. The number of hydrogen-bond donors (Lipinski definition) is 1. The standard InChI is InChI=1S/C32H42N6O4/c1-32(2,3)42-31(40)37-15-13-36(14-16-37)29-26-10-12-38(28-18-24(39)17-23-7-5-6-8-25(23)28)20-27(26)33-30(34-29)41-21-22-9-11-35(4)19-22/h5-8,17-18,22,39H,9-16,19-21H2,1-4H3/t22-/m1/s1. The van der Waals surface area contributed by atoms with E-state index in [4.69, 9.17) is 19.4 Å². The molecule has 0 spiro atoms. The molecule has 1 amide bonds. The maximum Gasteiger partial charge on any atom is 0.410 e. The summed E-state index contributed by atoms with van der Waals surface area (Å²) in [6, 6.07) is 12.2. The van der Waals surface area contributed by atoms with Crippen LogP contribution in [0.3, 0.4) is 0 Å². The zero-order valence-electron chi connectivity index (χ0n) is 25.2. The number of fused-ring (bicyclic) bond motifs is 2. The molecule has 3 aromatic rings. The molecule has 0 unspecified atom stereocenters. The Labute approximate surface area is 247 Å². The van der Waals surface area contributed by atoms with E-state index in [0.29, 0.717) is 51.3 Å². The first-order valence-corrected chi connectivity index (χ1v) is 15.0. The number of benzene rings is 2. The lowest BCUT2D eigenvalue weighted by Gasteiger charge is -2.38. The van der Waals surface area contributed by atoms with Crippen molar-refractivity contribution in [1.29, 1.82) is 0 Å². The van der Waals surface area contributed by atoms with E-state index < -0.39 is 5.60 Å². The van der Waals surface area contributed by atoms with Crippen molar-refractivity contribution < 1.29 is 19.4 Å². The minimum atomic E-state index is -0.521. The molecule has 3 aliphatic rings. The number of phenolic OH excluding ortho intramolecular Hbond substituents is 1. The van der Waals surface area contributed by atoms with Crippen molar-refractivity contribution >= 4 is 28.4 Å². The number of amides is 1. The van der Waals surface area contributed by atoms with Crippen LogP contribution in [0, 0.1) is 5.92 Å². The van der Waals surface area contributed by atoms with Gasteiger partial charge in [0, 0.05) is 67.9 Å². The molecule has 10 nitrogen and oxygen atoms in total. The van der Waals surface area contributed by atoms with Crippen LogP contribution in [0.25, 0.3) is 10.8 Å². The number of nitrogens with zero attached hydrogens (tertiary/aromatic N) is 6. The Kier molecular flexibility index (Phi) is 7.74. The molecule has 0 aliphatic carbocycles. The van der Waals surface area contributed by atoms with Crippen molar-refractivity contribution in [2.75, 3.05) is 69.3 Å². The number of likely N-dealkylation sites (tertiary alicyclic amines) is 1. The lowest BCUT2D eigenvalue weighted by atomic mass is 10.0. The van der Waals surface area contributed by atoms with Crippen molar-refractivity contribution in [3.8, 4) is 11.8 Å². The van der Waals surface area contributed by atoms with Gasteiger partial charge in [-0.15, -0.1) is 0 Å². The third kappa shape index (κ3) is 6.18. The van der Waals surface area contributed by atoms with E-state index in [0.717, 1.165) is 66.0 Å². The van der Waals surface area contributed by atoms with Gasteiger partial charge in [0.05, 0.1) is 18.8 Å². The summed E-state index contributed by atoms with van der Waals surface area (Å²) in [5.41, 5.74) is 2.56. The summed E-state index contributed by atoms with van der Waals surface area (Å²) >= 11 is 0. The Hall–Kier alpha value is -3.79. The van der Waals surface area contributed by atoms with Gasteiger partial charge in [-0.25, -0.2) is 4.79 Å². The summed E-state index contributed by atoms with van der Waals surface area (Å²) < 4.78 is 11.9. The van der Waals surface area contributed by atoms with Gasteiger partial charge < -0.3 is 34.2 Å². The maximum absolute atomic E-state index is 12.7. The molecule has 6 rings (SSSR count). The van der Waals surface area contributed by atoms with Gasteiger partial charge in [-0.2, -0.15) is 9.97 Å². The van der Waals surface area contributed by atoms with Crippen LogP contribution in [-0.4, -0.2) is 96.0 Å². The molecular weight excluding hydrogens is 532 g/mol. The van der Waals surface area contributed by atoms with Crippen LogP contribution < -0.4 is 14.5 Å². The van der Waals surface area contributed by atoms with Gasteiger partial charge in [0.2, 0.25) is 0 Å². The molecule has 0 saturated carbocycles. The quantitative estimate of drug-likeness (QED) is 0.479. The van der Waals surface area contributed by atoms with E-state index in [2.05, 4.69) is 27.8 Å². The number of rotatable bonds is 5. The van der Waals surface area contributed by atoms with Crippen LogP contribution in [0.15, 0.2) is 36.4 Å². The molecule has 1 N–H and O–H groups in total. The Morgan fingerprint density at radius 3 is 2.55 bits per heavy atom. The largest absolute Gasteiger partial charge is 0.508 e. The third-order valence-electron chi connectivity index (χ3n) is 8.36. The lowest BCUT2D eigenvalue weighted by molar-refractivity contribution is 0.0240. The van der Waals surface area contributed by atoms with Crippen molar-refractivity contribution in [2.24, 2.45) is 5.92 Å². The smallest absolute Gasteiger partial charge is 0.410 e. The Bertz CT molecular complexity index is 1450. The molecule has 2 saturated heterocycles. The van der Waals surface area contributed by atoms with E-state index in [1.165, 1.54) is 0 Å². The number of hydrogen-bond acceptors (Lipinski definition) is 9. The van der Waals surface area contributed by atoms with Crippen LogP contribution in [0.2, 0.25) is 0 Å². The van der Waals surface area contributed by atoms with Crippen molar-refractivity contribution in [2.45, 2.75) is 45.8 Å². The number of ether oxygens (including phenoxy) is 2. The summed E-state index contributed by atoms with van der Waals surface area (Å²) in [6.45, 7) is 12.2. The fourth-order valence-electron chi connectivity index (χ4n) is 6.24. The van der Waals surface area contributed by atoms with Gasteiger partial charge in [0.15, 0.2) is 0 Å². The number of phenols is 1. The van der Waals surface area contributed by atoms with Crippen LogP contribution in [0.1, 0.15) is 38.4 Å². The minimum absolute atomic E-state index is 0.256. The summed E-state index contributed by atoms with van der Waals surface area (Å²) in [7, 11) is 2.14.